The molecule has 2 rings (SSSR count). The Balaban J connectivity index is 2.25. The van der Waals surface area contributed by atoms with Crippen molar-refractivity contribution in [1.29, 1.82) is 0 Å². The van der Waals surface area contributed by atoms with Crippen molar-refractivity contribution in [2.75, 3.05) is 30.4 Å². The molecule has 2 heterocycles. The zero-order chi connectivity index (χ0) is 10.9. The van der Waals surface area contributed by atoms with Crippen molar-refractivity contribution >= 4 is 11.6 Å². The SMILES string of the molecule is CC1(C)COCCN1c1cnc(N)cn1. The van der Waals surface area contributed by atoms with Crippen molar-refractivity contribution in [2.24, 2.45) is 0 Å². The molecule has 1 aliphatic rings. The topological polar surface area (TPSA) is 64.3 Å². The highest BCUT2D eigenvalue weighted by molar-refractivity contribution is 5.42. The summed E-state index contributed by atoms with van der Waals surface area (Å²) in [6.07, 6.45) is 3.29. The molecule has 15 heavy (non-hydrogen) atoms. The van der Waals surface area contributed by atoms with Crippen LogP contribution in [-0.4, -0.2) is 35.3 Å². The summed E-state index contributed by atoms with van der Waals surface area (Å²) in [4.78, 5) is 10.5. The van der Waals surface area contributed by atoms with E-state index in [1.54, 1.807) is 12.4 Å². The molecule has 82 valence electrons. The van der Waals surface area contributed by atoms with E-state index in [4.69, 9.17) is 10.5 Å². The van der Waals surface area contributed by atoms with E-state index in [0.717, 1.165) is 19.0 Å². The standard InChI is InChI=1S/C10H16N4O/c1-10(2)7-15-4-3-14(10)9-6-12-8(11)5-13-9/h5-6H,3-4,7H2,1-2H3,(H2,11,12). The van der Waals surface area contributed by atoms with Crippen LogP contribution in [0.3, 0.4) is 0 Å². The minimum atomic E-state index is -0.0386. The maximum Gasteiger partial charge on any atom is 0.147 e. The van der Waals surface area contributed by atoms with Crippen LogP contribution >= 0.6 is 0 Å². The molecule has 0 unspecified atom stereocenters. The number of rotatable bonds is 1. The molecule has 1 aliphatic heterocycles. The lowest BCUT2D eigenvalue weighted by molar-refractivity contribution is 0.0639. The summed E-state index contributed by atoms with van der Waals surface area (Å²) in [6, 6.07) is 0. The van der Waals surface area contributed by atoms with Crippen LogP contribution in [0.2, 0.25) is 0 Å². The highest BCUT2D eigenvalue weighted by Crippen LogP contribution is 2.24. The van der Waals surface area contributed by atoms with Crippen LogP contribution in [0.1, 0.15) is 13.8 Å². The second-order valence-corrected chi connectivity index (χ2v) is 4.32. The van der Waals surface area contributed by atoms with Crippen molar-refractivity contribution in [3.05, 3.63) is 12.4 Å². The first-order chi connectivity index (χ1) is 7.09. The summed E-state index contributed by atoms with van der Waals surface area (Å²) in [5, 5.41) is 0. The summed E-state index contributed by atoms with van der Waals surface area (Å²) in [5.74, 6) is 1.31. The molecule has 0 amide bonds. The van der Waals surface area contributed by atoms with Gasteiger partial charge in [-0.25, -0.2) is 9.97 Å². The smallest absolute Gasteiger partial charge is 0.147 e. The van der Waals surface area contributed by atoms with Crippen molar-refractivity contribution in [1.82, 2.24) is 9.97 Å². The lowest BCUT2D eigenvalue weighted by Gasteiger charge is -2.42. The van der Waals surface area contributed by atoms with Gasteiger partial charge in [-0.05, 0) is 13.8 Å². The number of hydrogen-bond acceptors (Lipinski definition) is 5. The molecule has 1 aromatic rings. The third-order valence-corrected chi connectivity index (χ3v) is 2.58. The second kappa shape index (κ2) is 3.66. The third-order valence-electron chi connectivity index (χ3n) is 2.58. The number of nitrogens with zero attached hydrogens (tertiary/aromatic N) is 3. The molecular weight excluding hydrogens is 192 g/mol. The molecule has 1 saturated heterocycles. The molecule has 5 heteroatoms. The maximum atomic E-state index is 5.51. The van der Waals surface area contributed by atoms with E-state index in [2.05, 4.69) is 28.7 Å². The fraction of sp³-hybridized carbons (Fsp3) is 0.600. The highest BCUT2D eigenvalue weighted by Gasteiger charge is 2.31. The Morgan fingerprint density at radius 3 is 2.80 bits per heavy atom. The third kappa shape index (κ3) is 2.02. The lowest BCUT2D eigenvalue weighted by atomic mass is 10.0. The van der Waals surface area contributed by atoms with Crippen LogP contribution in [0, 0.1) is 0 Å². The number of aromatic nitrogens is 2. The summed E-state index contributed by atoms with van der Waals surface area (Å²) in [5.41, 5.74) is 5.47. The second-order valence-electron chi connectivity index (χ2n) is 4.32. The molecule has 0 aromatic carbocycles. The van der Waals surface area contributed by atoms with Gasteiger partial charge in [0.25, 0.3) is 0 Å². The summed E-state index contributed by atoms with van der Waals surface area (Å²) >= 11 is 0. The monoisotopic (exact) mass is 208 g/mol. The lowest BCUT2D eigenvalue weighted by Crippen LogP contribution is -2.53. The molecule has 0 radical (unpaired) electrons. The number of nitrogens with two attached hydrogens (primary N) is 1. The van der Waals surface area contributed by atoms with Gasteiger partial charge >= 0.3 is 0 Å². The number of nitrogen functional groups attached to an aromatic ring is 1. The van der Waals surface area contributed by atoms with E-state index >= 15 is 0 Å². The van der Waals surface area contributed by atoms with Crippen LogP contribution in [0.5, 0.6) is 0 Å². The summed E-state index contributed by atoms with van der Waals surface area (Å²) in [6.45, 7) is 6.54. The molecule has 1 aromatic heterocycles. The molecule has 5 nitrogen and oxygen atoms in total. The molecule has 0 bridgehead atoms. The number of hydrogen-bond donors (Lipinski definition) is 1. The average Bonchev–Trinajstić information content (AvgIpc) is 2.19. The first-order valence-electron chi connectivity index (χ1n) is 5.02. The molecule has 0 aliphatic carbocycles. The molecule has 0 saturated carbocycles. The van der Waals surface area contributed by atoms with Gasteiger partial charge in [0.05, 0.1) is 31.1 Å². The van der Waals surface area contributed by atoms with Gasteiger partial charge in [-0.1, -0.05) is 0 Å². The van der Waals surface area contributed by atoms with E-state index in [9.17, 15) is 0 Å². The fourth-order valence-corrected chi connectivity index (χ4v) is 1.75. The minimum absolute atomic E-state index is 0.0386. The first-order valence-corrected chi connectivity index (χ1v) is 5.02. The molecule has 0 spiro atoms. The van der Waals surface area contributed by atoms with Crippen molar-refractivity contribution in [3.8, 4) is 0 Å². The van der Waals surface area contributed by atoms with Crippen molar-refractivity contribution < 1.29 is 4.74 Å². The fourth-order valence-electron chi connectivity index (χ4n) is 1.75. The average molecular weight is 208 g/mol. The van der Waals surface area contributed by atoms with Gasteiger partial charge in [0.2, 0.25) is 0 Å². The number of morpholine rings is 1. The predicted octanol–water partition coefficient (Wildman–Crippen LogP) is 0.674. The maximum absolute atomic E-state index is 5.51. The van der Waals surface area contributed by atoms with Gasteiger partial charge in [0.1, 0.15) is 11.6 Å². The van der Waals surface area contributed by atoms with Crippen LogP contribution in [0.15, 0.2) is 12.4 Å². The summed E-state index contributed by atoms with van der Waals surface area (Å²) in [7, 11) is 0. The Hall–Kier alpha value is -1.36. The Morgan fingerprint density at radius 1 is 1.40 bits per heavy atom. The van der Waals surface area contributed by atoms with Gasteiger partial charge < -0.3 is 15.4 Å². The summed E-state index contributed by atoms with van der Waals surface area (Å²) < 4.78 is 5.45. The van der Waals surface area contributed by atoms with E-state index in [0.29, 0.717) is 12.4 Å². The zero-order valence-corrected chi connectivity index (χ0v) is 9.10. The van der Waals surface area contributed by atoms with Crippen LogP contribution < -0.4 is 10.6 Å². The van der Waals surface area contributed by atoms with Crippen LogP contribution in [0.25, 0.3) is 0 Å². The predicted molar refractivity (Wildman–Crippen MR) is 58.7 cm³/mol. The van der Waals surface area contributed by atoms with Crippen LogP contribution in [0.4, 0.5) is 11.6 Å². The molecule has 1 fully saturated rings. The molecular formula is C10H16N4O. The Morgan fingerprint density at radius 2 is 2.20 bits per heavy atom. The van der Waals surface area contributed by atoms with E-state index < -0.39 is 0 Å². The van der Waals surface area contributed by atoms with Crippen molar-refractivity contribution in [3.63, 3.8) is 0 Å². The van der Waals surface area contributed by atoms with Gasteiger partial charge in [-0.3, -0.25) is 0 Å². The Kier molecular flexibility index (Phi) is 2.48. The van der Waals surface area contributed by atoms with Gasteiger partial charge in [0.15, 0.2) is 0 Å². The van der Waals surface area contributed by atoms with E-state index in [1.807, 2.05) is 0 Å². The molecule has 2 N–H and O–H groups in total. The normalized spacial score (nSPS) is 20.3. The number of anilines is 2. The quantitative estimate of drug-likeness (QED) is 0.735. The van der Waals surface area contributed by atoms with Gasteiger partial charge in [0, 0.05) is 6.54 Å². The van der Waals surface area contributed by atoms with E-state index in [-0.39, 0.29) is 5.54 Å². The highest BCUT2D eigenvalue weighted by atomic mass is 16.5. The zero-order valence-electron chi connectivity index (χ0n) is 9.10. The van der Waals surface area contributed by atoms with E-state index in [1.165, 1.54) is 0 Å². The van der Waals surface area contributed by atoms with Gasteiger partial charge in [-0.2, -0.15) is 0 Å². The van der Waals surface area contributed by atoms with Crippen LogP contribution in [-0.2, 0) is 4.74 Å². The Bertz CT molecular complexity index is 336. The van der Waals surface area contributed by atoms with Gasteiger partial charge in [-0.15, -0.1) is 0 Å². The number of ether oxygens (including phenoxy) is 1. The van der Waals surface area contributed by atoms with Crippen molar-refractivity contribution in [2.45, 2.75) is 19.4 Å². The molecule has 0 atom stereocenters. The first kappa shape index (κ1) is 10.2. The largest absolute Gasteiger partial charge is 0.382 e. The Labute approximate surface area is 89.3 Å². The minimum Gasteiger partial charge on any atom is -0.382 e.